The standard InChI is InChI=1S/C16H15ClFNO2/c1-21-14-6-5-12(15(17)9-14)10-19-16(20)8-11-3-2-4-13(18)7-11/h2-7,9H,8,10H2,1H3,(H,19,20). The van der Waals surface area contributed by atoms with Crippen LogP contribution < -0.4 is 10.1 Å². The monoisotopic (exact) mass is 307 g/mol. The van der Waals surface area contributed by atoms with Gasteiger partial charge in [-0.3, -0.25) is 4.79 Å². The van der Waals surface area contributed by atoms with E-state index in [0.29, 0.717) is 22.9 Å². The number of hydrogen-bond donors (Lipinski definition) is 1. The smallest absolute Gasteiger partial charge is 0.224 e. The molecule has 0 aromatic heterocycles. The molecule has 0 saturated heterocycles. The van der Waals surface area contributed by atoms with Crippen molar-refractivity contribution in [3.63, 3.8) is 0 Å². The number of ether oxygens (including phenoxy) is 1. The lowest BCUT2D eigenvalue weighted by atomic mass is 10.1. The van der Waals surface area contributed by atoms with Crippen LogP contribution in [-0.4, -0.2) is 13.0 Å². The quantitative estimate of drug-likeness (QED) is 0.920. The van der Waals surface area contributed by atoms with E-state index in [0.717, 1.165) is 5.56 Å². The van der Waals surface area contributed by atoms with E-state index in [1.807, 2.05) is 0 Å². The molecule has 0 heterocycles. The van der Waals surface area contributed by atoms with Gasteiger partial charge in [-0.05, 0) is 35.4 Å². The van der Waals surface area contributed by atoms with E-state index in [4.69, 9.17) is 16.3 Å². The molecule has 0 radical (unpaired) electrons. The predicted molar refractivity (Wildman–Crippen MR) is 80.0 cm³/mol. The van der Waals surface area contributed by atoms with Crippen LogP contribution in [0.3, 0.4) is 0 Å². The Morgan fingerprint density at radius 3 is 2.76 bits per heavy atom. The molecule has 1 N–H and O–H groups in total. The molecule has 3 nitrogen and oxygen atoms in total. The maximum Gasteiger partial charge on any atom is 0.224 e. The molecule has 2 aromatic carbocycles. The lowest BCUT2D eigenvalue weighted by Gasteiger charge is -2.08. The van der Waals surface area contributed by atoms with Gasteiger partial charge in [0.2, 0.25) is 5.91 Å². The van der Waals surface area contributed by atoms with E-state index >= 15 is 0 Å². The second-order valence-electron chi connectivity index (χ2n) is 4.54. The summed E-state index contributed by atoms with van der Waals surface area (Å²) in [5.41, 5.74) is 1.43. The molecule has 0 aliphatic rings. The fourth-order valence-corrected chi connectivity index (χ4v) is 2.12. The summed E-state index contributed by atoms with van der Waals surface area (Å²) >= 11 is 6.09. The molecule has 0 bridgehead atoms. The van der Waals surface area contributed by atoms with Crippen LogP contribution in [0.2, 0.25) is 5.02 Å². The van der Waals surface area contributed by atoms with Gasteiger partial charge in [0.05, 0.1) is 13.5 Å². The summed E-state index contributed by atoms with van der Waals surface area (Å²) in [6.45, 7) is 0.316. The van der Waals surface area contributed by atoms with Gasteiger partial charge < -0.3 is 10.1 Å². The zero-order valence-electron chi connectivity index (χ0n) is 11.5. The van der Waals surface area contributed by atoms with Crippen molar-refractivity contribution < 1.29 is 13.9 Å². The number of methoxy groups -OCH3 is 1. The molecule has 110 valence electrons. The highest BCUT2D eigenvalue weighted by atomic mass is 35.5. The number of carbonyl (C=O) groups excluding carboxylic acids is 1. The second kappa shape index (κ2) is 7.09. The van der Waals surface area contributed by atoms with Gasteiger partial charge in [-0.2, -0.15) is 0 Å². The number of hydrogen-bond acceptors (Lipinski definition) is 2. The van der Waals surface area contributed by atoms with Gasteiger partial charge in [-0.1, -0.05) is 29.8 Å². The van der Waals surface area contributed by atoms with Gasteiger partial charge in [-0.15, -0.1) is 0 Å². The average Bonchev–Trinajstić information content (AvgIpc) is 2.46. The molecule has 1 amide bonds. The van der Waals surface area contributed by atoms with Gasteiger partial charge >= 0.3 is 0 Å². The molecule has 0 unspecified atom stereocenters. The fourth-order valence-electron chi connectivity index (χ4n) is 1.89. The Morgan fingerprint density at radius 2 is 2.10 bits per heavy atom. The van der Waals surface area contributed by atoms with Gasteiger partial charge in [0.15, 0.2) is 0 Å². The number of carbonyl (C=O) groups is 1. The molecule has 5 heteroatoms. The predicted octanol–water partition coefficient (Wildman–Crippen LogP) is 3.35. The minimum Gasteiger partial charge on any atom is -0.497 e. The third-order valence-electron chi connectivity index (χ3n) is 2.99. The normalized spacial score (nSPS) is 10.2. The second-order valence-corrected chi connectivity index (χ2v) is 4.95. The van der Waals surface area contributed by atoms with Crippen molar-refractivity contribution in [1.82, 2.24) is 5.32 Å². The number of halogens is 2. The largest absolute Gasteiger partial charge is 0.497 e. The summed E-state index contributed by atoms with van der Waals surface area (Å²) in [5.74, 6) is 0.126. The fraction of sp³-hybridized carbons (Fsp3) is 0.188. The molecule has 0 atom stereocenters. The van der Waals surface area contributed by atoms with Crippen LogP contribution in [0.1, 0.15) is 11.1 Å². The summed E-state index contributed by atoms with van der Waals surface area (Å²) in [6, 6.07) is 11.2. The van der Waals surface area contributed by atoms with Gasteiger partial charge in [0.1, 0.15) is 11.6 Å². The zero-order chi connectivity index (χ0) is 15.2. The van der Waals surface area contributed by atoms with E-state index in [9.17, 15) is 9.18 Å². The minimum atomic E-state index is -0.349. The Labute approximate surface area is 127 Å². The zero-order valence-corrected chi connectivity index (χ0v) is 12.3. The van der Waals surface area contributed by atoms with Crippen molar-refractivity contribution >= 4 is 17.5 Å². The molecule has 21 heavy (non-hydrogen) atoms. The molecular weight excluding hydrogens is 293 g/mol. The van der Waals surface area contributed by atoms with Gasteiger partial charge in [0.25, 0.3) is 0 Å². The van der Waals surface area contributed by atoms with Gasteiger partial charge in [0, 0.05) is 11.6 Å². The van der Waals surface area contributed by atoms with Crippen LogP contribution in [0, 0.1) is 5.82 Å². The third-order valence-corrected chi connectivity index (χ3v) is 3.34. The maximum atomic E-state index is 13.0. The lowest BCUT2D eigenvalue weighted by molar-refractivity contribution is -0.120. The first-order valence-electron chi connectivity index (χ1n) is 6.42. The molecular formula is C16H15ClFNO2. The average molecular weight is 308 g/mol. The van der Waals surface area contributed by atoms with E-state index in [-0.39, 0.29) is 18.1 Å². The maximum absolute atomic E-state index is 13.0. The van der Waals surface area contributed by atoms with Crippen molar-refractivity contribution in [2.45, 2.75) is 13.0 Å². The van der Waals surface area contributed by atoms with Crippen molar-refractivity contribution in [2.24, 2.45) is 0 Å². The summed E-state index contributed by atoms with van der Waals surface area (Å²) in [6.07, 6.45) is 0.130. The lowest BCUT2D eigenvalue weighted by Crippen LogP contribution is -2.24. The summed E-state index contributed by atoms with van der Waals surface area (Å²) in [5, 5.41) is 3.29. The molecule has 2 rings (SSSR count). The van der Waals surface area contributed by atoms with E-state index < -0.39 is 0 Å². The highest BCUT2D eigenvalue weighted by molar-refractivity contribution is 6.31. The molecule has 0 fully saturated rings. The van der Waals surface area contributed by atoms with Crippen molar-refractivity contribution in [3.05, 3.63) is 64.4 Å². The Bertz CT molecular complexity index is 646. The first-order chi connectivity index (χ1) is 10.1. The van der Waals surface area contributed by atoms with Crippen LogP contribution >= 0.6 is 11.6 Å². The number of benzene rings is 2. The number of amides is 1. The Hall–Kier alpha value is -2.07. The minimum absolute atomic E-state index is 0.130. The van der Waals surface area contributed by atoms with E-state index in [1.54, 1.807) is 37.4 Å². The summed E-state index contributed by atoms with van der Waals surface area (Å²) in [4.78, 5) is 11.8. The highest BCUT2D eigenvalue weighted by Gasteiger charge is 2.07. The van der Waals surface area contributed by atoms with Crippen molar-refractivity contribution in [2.75, 3.05) is 7.11 Å². The van der Waals surface area contributed by atoms with Crippen molar-refractivity contribution in [1.29, 1.82) is 0 Å². The van der Waals surface area contributed by atoms with Crippen LogP contribution in [0.15, 0.2) is 42.5 Å². The molecule has 0 saturated carbocycles. The van der Waals surface area contributed by atoms with E-state index in [2.05, 4.69) is 5.32 Å². The van der Waals surface area contributed by atoms with Crippen molar-refractivity contribution in [3.8, 4) is 5.75 Å². The molecule has 0 spiro atoms. The first-order valence-corrected chi connectivity index (χ1v) is 6.80. The molecule has 2 aromatic rings. The van der Waals surface area contributed by atoms with E-state index in [1.165, 1.54) is 12.1 Å². The third kappa shape index (κ3) is 4.46. The molecule has 0 aliphatic heterocycles. The summed E-state index contributed by atoms with van der Waals surface area (Å²) in [7, 11) is 1.56. The SMILES string of the molecule is COc1ccc(CNC(=O)Cc2cccc(F)c2)c(Cl)c1. The highest BCUT2D eigenvalue weighted by Crippen LogP contribution is 2.22. The summed E-state index contributed by atoms with van der Waals surface area (Å²) < 4.78 is 18.1. The van der Waals surface area contributed by atoms with Crippen LogP contribution in [0.4, 0.5) is 4.39 Å². The van der Waals surface area contributed by atoms with Gasteiger partial charge in [-0.25, -0.2) is 4.39 Å². The van der Waals surface area contributed by atoms with Crippen LogP contribution in [0.5, 0.6) is 5.75 Å². The topological polar surface area (TPSA) is 38.3 Å². The Kier molecular flexibility index (Phi) is 5.17. The Morgan fingerprint density at radius 1 is 1.29 bits per heavy atom. The van der Waals surface area contributed by atoms with Crippen LogP contribution in [0.25, 0.3) is 0 Å². The Balaban J connectivity index is 1.92. The number of rotatable bonds is 5. The first kappa shape index (κ1) is 15.3. The molecule has 0 aliphatic carbocycles. The number of nitrogens with one attached hydrogen (secondary N) is 1. The van der Waals surface area contributed by atoms with Crippen LogP contribution in [-0.2, 0) is 17.8 Å².